The molecule has 0 fully saturated rings. The van der Waals surface area contributed by atoms with E-state index in [-0.39, 0.29) is 5.91 Å². The van der Waals surface area contributed by atoms with Crippen molar-refractivity contribution >= 4 is 40.5 Å². The minimum atomic E-state index is -0.737. The van der Waals surface area contributed by atoms with Crippen LogP contribution in [0.2, 0.25) is 10.0 Å². The SMILES string of the molecule is Cc1ccc(NC(=O)C(C)Oc2ccc(Cl)cc2Cl)c(N)c1. The Morgan fingerprint density at radius 2 is 1.95 bits per heavy atom. The van der Waals surface area contributed by atoms with Gasteiger partial charge in [0.15, 0.2) is 6.10 Å². The van der Waals surface area contributed by atoms with Gasteiger partial charge in [0.25, 0.3) is 5.91 Å². The Morgan fingerprint density at radius 1 is 1.23 bits per heavy atom. The van der Waals surface area contributed by atoms with Gasteiger partial charge in [-0.25, -0.2) is 0 Å². The van der Waals surface area contributed by atoms with Crippen LogP contribution in [0, 0.1) is 6.92 Å². The maximum atomic E-state index is 12.2. The lowest BCUT2D eigenvalue weighted by Crippen LogP contribution is -2.30. The quantitative estimate of drug-likeness (QED) is 0.817. The Morgan fingerprint density at radius 3 is 2.59 bits per heavy atom. The van der Waals surface area contributed by atoms with E-state index in [1.165, 1.54) is 0 Å². The third kappa shape index (κ3) is 4.06. The highest BCUT2D eigenvalue weighted by Gasteiger charge is 2.17. The van der Waals surface area contributed by atoms with Crippen LogP contribution >= 0.6 is 23.2 Å². The van der Waals surface area contributed by atoms with Crippen molar-refractivity contribution in [2.24, 2.45) is 0 Å². The van der Waals surface area contributed by atoms with Gasteiger partial charge in [0, 0.05) is 5.02 Å². The standard InChI is InChI=1S/C16H16Cl2N2O2/c1-9-3-5-14(13(19)7-9)20-16(21)10(2)22-15-6-4-11(17)8-12(15)18/h3-8,10H,19H2,1-2H3,(H,20,21). The smallest absolute Gasteiger partial charge is 0.265 e. The Bertz CT molecular complexity index is 705. The van der Waals surface area contributed by atoms with Gasteiger partial charge in [0.05, 0.1) is 16.4 Å². The van der Waals surface area contributed by atoms with Crippen LogP contribution in [0.25, 0.3) is 0 Å². The molecule has 4 nitrogen and oxygen atoms in total. The number of halogens is 2. The van der Waals surface area contributed by atoms with Gasteiger partial charge in [-0.3, -0.25) is 4.79 Å². The van der Waals surface area contributed by atoms with Gasteiger partial charge in [-0.15, -0.1) is 0 Å². The van der Waals surface area contributed by atoms with E-state index in [9.17, 15) is 4.79 Å². The number of nitrogens with two attached hydrogens (primary N) is 1. The van der Waals surface area contributed by atoms with Gasteiger partial charge in [-0.1, -0.05) is 29.3 Å². The summed E-state index contributed by atoms with van der Waals surface area (Å²) in [5, 5.41) is 3.58. The van der Waals surface area contributed by atoms with Gasteiger partial charge in [0.1, 0.15) is 5.75 Å². The number of anilines is 2. The first-order valence-corrected chi connectivity index (χ1v) is 7.41. The molecule has 0 aliphatic carbocycles. The zero-order valence-corrected chi connectivity index (χ0v) is 13.7. The van der Waals surface area contributed by atoms with Crippen molar-refractivity contribution in [1.29, 1.82) is 0 Å². The number of ether oxygens (including phenoxy) is 1. The Labute approximate surface area is 139 Å². The van der Waals surface area contributed by atoms with Gasteiger partial charge < -0.3 is 15.8 Å². The second-order valence-corrected chi connectivity index (χ2v) is 5.76. The minimum Gasteiger partial charge on any atom is -0.479 e. The molecule has 0 radical (unpaired) electrons. The predicted octanol–water partition coefficient (Wildman–Crippen LogP) is 4.29. The highest BCUT2D eigenvalue weighted by Crippen LogP contribution is 2.28. The second-order valence-electron chi connectivity index (χ2n) is 4.91. The van der Waals surface area contributed by atoms with Crippen LogP contribution in [0.15, 0.2) is 36.4 Å². The first kappa shape index (κ1) is 16.5. The van der Waals surface area contributed by atoms with E-state index in [4.69, 9.17) is 33.7 Å². The van der Waals surface area contributed by atoms with Crippen LogP contribution in [0.3, 0.4) is 0 Å². The van der Waals surface area contributed by atoms with Gasteiger partial charge in [-0.2, -0.15) is 0 Å². The first-order valence-electron chi connectivity index (χ1n) is 6.65. The van der Waals surface area contributed by atoms with Crippen LogP contribution in [0.5, 0.6) is 5.75 Å². The van der Waals surface area contributed by atoms with Crippen LogP contribution in [-0.4, -0.2) is 12.0 Å². The lowest BCUT2D eigenvalue weighted by Gasteiger charge is -2.16. The van der Waals surface area contributed by atoms with E-state index in [0.717, 1.165) is 5.56 Å². The molecule has 0 aliphatic heterocycles. The van der Waals surface area contributed by atoms with Crippen molar-refractivity contribution in [3.63, 3.8) is 0 Å². The summed E-state index contributed by atoms with van der Waals surface area (Å²) >= 11 is 11.8. The summed E-state index contributed by atoms with van der Waals surface area (Å²) in [6.45, 7) is 3.56. The van der Waals surface area contributed by atoms with E-state index in [0.29, 0.717) is 27.2 Å². The molecule has 0 bridgehead atoms. The summed E-state index contributed by atoms with van der Waals surface area (Å²) in [7, 11) is 0. The summed E-state index contributed by atoms with van der Waals surface area (Å²) < 4.78 is 5.55. The zero-order valence-electron chi connectivity index (χ0n) is 12.2. The number of nitrogen functional groups attached to an aromatic ring is 1. The number of amides is 1. The molecule has 2 aromatic rings. The molecular formula is C16H16Cl2N2O2. The van der Waals surface area contributed by atoms with Crippen molar-refractivity contribution in [2.75, 3.05) is 11.1 Å². The van der Waals surface area contributed by atoms with Crippen LogP contribution in [-0.2, 0) is 4.79 Å². The molecule has 2 aromatic carbocycles. The monoisotopic (exact) mass is 338 g/mol. The molecule has 22 heavy (non-hydrogen) atoms. The lowest BCUT2D eigenvalue weighted by molar-refractivity contribution is -0.122. The van der Waals surface area contributed by atoms with Crippen LogP contribution < -0.4 is 15.8 Å². The number of nitrogens with one attached hydrogen (secondary N) is 1. The average Bonchev–Trinajstić information content (AvgIpc) is 2.44. The van der Waals surface area contributed by atoms with Gasteiger partial charge in [-0.05, 0) is 49.7 Å². The normalized spacial score (nSPS) is 11.8. The minimum absolute atomic E-state index is 0.318. The number of hydrogen-bond donors (Lipinski definition) is 2. The summed E-state index contributed by atoms with van der Waals surface area (Å²) in [6.07, 6.45) is -0.737. The molecule has 2 rings (SSSR count). The molecule has 0 aromatic heterocycles. The first-order chi connectivity index (χ1) is 10.4. The molecule has 116 valence electrons. The largest absolute Gasteiger partial charge is 0.479 e. The highest BCUT2D eigenvalue weighted by atomic mass is 35.5. The van der Waals surface area contributed by atoms with E-state index >= 15 is 0 Å². The van der Waals surface area contributed by atoms with Crippen molar-refractivity contribution in [3.8, 4) is 5.75 Å². The van der Waals surface area contributed by atoms with E-state index in [1.54, 1.807) is 37.3 Å². The van der Waals surface area contributed by atoms with Crippen molar-refractivity contribution < 1.29 is 9.53 Å². The number of rotatable bonds is 4. The maximum Gasteiger partial charge on any atom is 0.265 e. The fourth-order valence-corrected chi connectivity index (χ4v) is 2.30. The van der Waals surface area contributed by atoms with Crippen molar-refractivity contribution in [3.05, 3.63) is 52.0 Å². The van der Waals surface area contributed by atoms with Crippen LogP contribution in [0.4, 0.5) is 11.4 Å². The lowest BCUT2D eigenvalue weighted by atomic mass is 10.2. The Hall–Kier alpha value is -1.91. The van der Waals surface area contributed by atoms with Crippen molar-refractivity contribution in [2.45, 2.75) is 20.0 Å². The summed E-state index contributed by atoms with van der Waals surface area (Å²) in [4.78, 5) is 12.2. The topological polar surface area (TPSA) is 64.3 Å². The summed E-state index contributed by atoms with van der Waals surface area (Å²) in [6, 6.07) is 10.2. The number of aryl methyl sites for hydroxylation is 1. The fraction of sp³-hybridized carbons (Fsp3) is 0.188. The Kier molecular flexibility index (Phi) is 5.16. The van der Waals surface area contributed by atoms with Crippen LogP contribution in [0.1, 0.15) is 12.5 Å². The molecule has 6 heteroatoms. The third-order valence-corrected chi connectivity index (χ3v) is 3.56. The average molecular weight is 339 g/mol. The molecule has 0 saturated heterocycles. The second kappa shape index (κ2) is 6.90. The van der Waals surface area contributed by atoms with Gasteiger partial charge >= 0.3 is 0 Å². The Balaban J connectivity index is 2.05. The number of carbonyl (C=O) groups excluding carboxylic acids is 1. The molecule has 3 N–H and O–H groups in total. The predicted molar refractivity (Wildman–Crippen MR) is 90.8 cm³/mol. The third-order valence-electron chi connectivity index (χ3n) is 3.03. The molecule has 0 saturated carbocycles. The molecular weight excluding hydrogens is 323 g/mol. The van der Waals surface area contributed by atoms with E-state index in [1.807, 2.05) is 13.0 Å². The highest BCUT2D eigenvalue weighted by molar-refractivity contribution is 6.35. The number of hydrogen-bond acceptors (Lipinski definition) is 3. The number of benzene rings is 2. The van der Waals surface area contributed by atoms with Crippen molar-refractivity contribution in [1.82, 2.24) is 0 Å². The molecule has 1 unspecified atom stereocenters. The molecule has 0 spiro atoms. The van der Waals surface area contributed by atoms with E-state index < -0.39 is 6.10 Å². The number of carbonyl (C=O) groups is 1. The molecule has 1 atom stereocenters. The maximum absolute atomic E-state index is 12.2. The summed E-state index contributed by atoms with van der Waals surface area (Å²) in [5.74, 6) is 0.0761. The van der Waals surface area contributed by atoms with Gasteiger partial charge in [0.2, 0.25) is 0 Å². The van der Waals surface area contributed by atoms with E-state index in [2.05, 4.69) is 5.32 Å². The molecule has 1 amide bonds. The summed E-state index contributed by atoms with van der Waals surface area (Å²) in [5.41, 5.74) is 7.95. The fourth-order valence-electron chi connectivity index (χ4n) is 1.85. The molecule has 0 aliphatic rings. The zero-order chi connectivity index (χ0) is 16.3. The molecule has 0 heterocycles.